The maximum atomic E-state index is 11.4. The van der Waals surface area contributed by atoms with E-state index in [0.717, 1.165) is 13.0 Å². The summed E-state index contributed by atoms with van der Waals surface area (Å²) in [5.41, 5.74) is 0. The SMILES string of the molecule is CCOC(=O)C(C)CNC(=O)[C@H]1CCN1.Cl. The third-order valence-electron chi connectivity index (χ3n) is 2.41. The van der Waals surface area contributed by atoms with Crippen molar-refractivity contribution in [3.63, 3.8) is 0 Å². The Morgan fingerprint density at radius 2 is 2.19 bits per heavy atom. The molecule has 2 N–H and O–H groups in total. The molecule has 0 saturated carbocycles. The molecule has 1 heterocycles. The van der Waals surface area contributed by atoms with Crippen LogP contribution in [0.3, 0.4) is 0 Å². The second kappa shape index (κ2) is 7.46. The molecule has 5 nitrogen and oxygen atoms in total. The standard InChI is InChI=1S/C10H18N2O3.ClH/c1-3-15-10(14)7(2)6-12-9(13)8-4-5-11-8;/h7-8,11H,3-6H2,1-2H3,(H,12,13);1H/t7?,8-;/m1./s1. The van der Waals surface area contributed by atoms with Crippen molar-refractivity contribution in [2.45, 2.75) is 26.3 Å². The van der Waals surface area contributed by atoms with Gasteiger partial charge in [0.05, 0.1) is 18.6 Å². The van der Waals surface area contributed by atoms with Gasteiger partial charge in [-0.25, -0.2) is 0 Å². The van der Waals surface area contributed by atoms with Gasteiger partial charge in [0.25, 0.3) is 0 Å². The van der Waals surface area contributed by atoms with Gasteiger partial charge in [0.2, 0.25) is 5.91 Å². The predicted molar refractivity (Wildman–Crippen MR) is 62.5 cm³/mol. The van der Waals surface area contributed by atoms with E-state index < -0.39 is 0 Å². The molecule has 0 aromatic carbocycles. The van der Waals surface area contributed by atoms with Gasteiger partial charge < -0.3 is 15.4 Å². The zero-order valence-corrected chi connectivity index (χ0v) is 10.4. The fourth-order valence-electron chi connectivity index (χ4n) is 1.26. The zero-order chi connectivity index (χ0) is 11.3. The van der Waals surface area contributed by atoms with E-state index in [1.807, 2.05) is 0 Å². The van der Waals surface area contributed by atoms with Gasteiger partial charge in [-0.05, 0) is 19.9 Å². The maximum absolute atomic E-state index is 11.4. The lowest BCUT2D eigenvalue weighted by atomic mass is 10.1. The number of esters is 1. The molecule has 0 aromatic rings. The van der Waals surface area contributed by atoms with Crippen molar-refractivity contribution in [1.82, 2.24) is 10.6 Å². The summed E-state index contributed by atoms with van der Waals surface area (Å²) >= 11 is 0. The Kier molecular flexibility index (Phi) is 7.08. The van der Waals surface area contributed by atoms with Crippen molar-refractivity contribution in [3.05, 3.63) is 0 Å². The highest BCUT2D eigenvalue weighted by Gasteiger charge is 2.25. The minimum absolute atomic E-state index is 0. The summed E-state index contributed by atoms with van der Waals surface area (Å²) in [4.78, 5) is 22.6. The highest BCUT2D eigenvalue weighted by molar-refractivity contribution is 5.85. The molecular formula is C10H19ClN2O3. The Morgan fingerprint density at radius 1 is 1.56 bits per heavy atom. The van der Waals surface area contributed by atoms with Crippen LogP contribution in [0.2, 0.25) is 0 Å². The fourth-order valence-corrected chi connectivity index (χ4v) is 1.26. The van der Waals surface area contributed by atoms with Crippen LogP contribution in [0, 0.1) is 5.92 Å². The van der Waals surface area contributed by atoms with E-state index in [0.29, 0.717) is 13.2 Å². The Morgan fingerprint density at radius 3 is 2.62 bits per heavy atom. The van der Waals surface area contributed by atoms with Crippen LogP contribution in [0.25, 0.3) is 0 Å². The molecule has 94 valence electrons. The second-order valence-electron chi connectivity index (χ2n) is 3.69. The van der Waals surface area contributed by atoms with E-state index in [-0.39, 0.29) is 36.2 Å². The molecule has 1 aliphatic rings. The summed E-state index contributed by atoms with van der Waals surface area (Å²) in [5, 5.41) is 5.72. The van der Waals surface area contributed by atoms with Gasteiger partial charge in [0.1, 0.15) is 0 Å². The number of carbonyl (C=O) groups is 2. The van der Waals surface area contributed by atoms with Gasteiger partial charge >= 0.3 is 5.97 Å². The summed E-state index contributed by atoms with van der Waals surface area (Å²) in [6.07, 6.45) is 0.875. The molecule has 1 rings (SSSR count). The number of carbonyl (C=O) groups excluding carboxylic acids is 2. The van der Waals surface area contributed by atoms with Crippen molar-refractivity contribution >= 4 is 24.3 Å². The van der Waals surface area contributed by atoms with Crippen molar-refractivity contribution in [3.8, 4) is 0 Å². The van der Waals surface area contributed by atoms with E-state index in [2.05, 4.69) is 10.6 Å². The van der Waals surface area contributed by atoms with Crippen LogP contribution in [0.4, 0.5) is 0 Å². The van der Waals surface area contributed by atoms with Crippen LogP contribution in [0.15, 0.2) is 0 Å². The summed E-state index contributed by atoms with van der Waals surface area (Å²) in [6.45, 7) is 5.12. The molecule has 2 atom stereocenters. The minimum atomic E-state index is -0.283. The lowest BCUT2D eigenvalue weighted by Crippen LogP contribution is -2.53. The smallest absolute Gasteiger partial charge is 0.310 e. The first-order valence-electron chi connectivity index (χ1n) is 5.33. The third-order valence-corrected chi connectivity index (χ3v) is 2.41. The summed E-state index contributed by atoms with van der Waals surface area (Å²) in [7, 11) is 0. The minimum Gasteiger partial charge on any atom is -0.466 e. The number of halogens is 1. The Labute approximate surface area is 102 Å². The van der Waals surface area contributed by atoms with E-state index in [1.54, 1.807) is 13.8 Å². The first-order chi connectivity index (χ1) is 7.15. The largest absolute Gasteiger partial charge is 0.466 e. The van der Waals surface area contributed by atoms with Gasteiger partial charge in [-0.3, -0.25) is 9.59 Å². The first kappa shape index (κ1) is 15.2. The fraction of sp³-hybridized carbons (Fsp3) is 0.800. The van der Waals surface area contributed by atoms with Crippen LogP contribution < -0.4 is 10.6 Å². The Bertz CT molecular complexity index is 244. The average molecular weight is 251 g/mol. The Balaban J connectivity index is 0.00000225. The monoisotopic (exact) mass is 250 g/mol. The third kappa shape index (κ3) is 4.37. The quantitative estimate of drug-likeness (QED) is 0.679. The maximum Gasteiger partial charge on any atom is 0.310 e. The zero-order valence-electron chi connectivity index (χ0n) is 9.62. The number of hydrogen-bond acceptors (Lipinski definition) is 4. The van der Waals surface area contributed by atoms with Crippen LogP contribution >= 0.6 is 12.4 Å². The van der Waals surface area contributed by atoms with Crippen LogP contribution in [0.5, 0.6) is 0 Å². The summed E-state index contributed by atoms with van der Waals surface area (Å²) < 4.78 is 4.83. The number of hydrogen-bond donors (Lipinski definition) is 2. The van der Waals surface area contributed by atoms with Crippen LogP contribution in [-0.4, -0.2) is 37.6 Å². The van der Waals surface area contributed by atoms with E-state index >= 15 is 0 Å². The van der Waals surface area contributed by atoms with Crippen LogP contribution in [0.1, 0.15) is 20.3 Å². The van der Waals surface area contributed by atoms with Gasteiger partial charge in [-0.15, -0.1) is 12.4 Å². The van der Waals surface area contributed by atoms with Crippen molar-refractivity contribution in [2.75, 3.05) is 19.7 Å². The molecular weight excluding hydrogens is 232 g/mol. The molecule has 0 aromatic heterocycles. The van der Waals surface area contributed by atoms with Gasteiger partial charge in [-0.2, -0.15) is 0 Å². The normalized spacial score (nSPS) is 20.0. The molecule has 1 fully saturated rings. The topological polar surface area (TPSA) is 67.4 Å². The Hall–Kier alpha value is -0.810. The summed E-state index contributed by atoms with van der Waals surface area (Å²) in [5.74, 6) is -0.578. The summed E-state index contributed by atoms with van der Waals surface area (Å²) in [6, 6.07) is -0.0700. The van der Waals surface area contributed by atoms with Gasteiger partial charge in [-0.1, -0.05) is 6.92 Å². The molecule has 0 spiro atoms. The van der Waals surface area contributed by atoms with Crippen molar-refractivity contribution < 1.29 is 14.3 Å². The molecule has 16 heavy (non-hydrogen) atoms. The van der Waals surface area contributed by atoms with Crippen molar-refractivity contribution in [1.29, 1.82) is 0 Å². The lowest BCUT2D eigenvalue weighted by Gasteiger charge is -2.26. The predicted octanol–water partition coefficient (Wildman–Crippen LogP) is 0.0855. The molecule has 0 aliphatic carbocycles. The van der Waals surface area contributed by atoms with E-state index in [1.165, 1.54) is 0 Å². The number of ether oxygens (including phenoxy) is 1. The van der Waals surface area contributed by atoms with E-state index in [9.17, 15) is 9.59 Å². The second-order valence-corrected chi connectivity index (χ2v) is 3.69. The number of rotatable bonds is 5. The first-order valence-corrected chi connectivity index (χ1v) is 5.33. The van der Waals surface area contributed by atoms with E-state index in [4.69, 9.17) is 4.74 Å². The molecule has 6 heteroatoms. The highest BCUT2D eigenvalue weighted by Crippen LogP contribution is 2.02. The molecule has 1 unspecified atom stereocenters. The molecule has 0 bridgehead atoms. The molecule has 0 radical (unpaired) electrons. The molecule has 1 saturated heterocycles. The van der Waals surface area contributed by atoms with Gasteiger partial charge in [0.15, 0.2) is 0 Å². The van der Waals surface area contributed by atoms with Crippen molar-refractivity contribution in [2.24, 2.45) is 5.92 Å². The average Bonchev–Trinajstić information content (AvgIpc) is 2.11. The lowest BCUT2D eigenvalue weighted by molar-refractivity contribution is -0.147. The van der Waals surface area contributed by atoms with Gasteiger partial charge in [0, 0.05) is 6.54 Å². The number of amides is 1. The number of nitrogens with one attached hydrogen (secondary N) is 2. The highest BCUT2D eigenvalue weighted by atomic mass is 35.5. The molecule has 1 aliphatic heterocycles. The molecule has 1 amide bonds. The van der Waals surface area contributed by atoms with Crippen LogP contribution in [-0.2, 0) is 14.3 Å².